The van der Waals surface area contributed by atoms with Gasteiger partial charge in [0.15, 0.2) is 6.61 Å². The van der Waals surface area contributed by atoms with Crippen LogP contribution < -0.4 is 15.0 Å². The number of ether oxygens (including phenoxy) is 2. The van der Waals surface area contributed by atoms with Crippen LogP contribution in [0.25, 0.3) is 11.0 Å². The first kappa shape index (κ1) is 18.9. The molecule has 5 rings (SSSR count). The molecule has 0 bridgehead atoms. The van der Waals surface area contributed by atoms with E-state index in [0.29, 0.717) is 22.1 Å². The van der Waals surface area contributed by atoms with Crippen molar-refractivity contribution in [2.24, 2.45) is 0 Å². The summed E-state index contributed by atoms with van der Waals surface area (Å²) in [7, 11) is 0. The average molecular weight is 427 g/mol. The molecule has 154 valence electrons. The number of hydrogen-bond donors (Lipinski definition) is 2. The molecule has 0 saturated carbocycles. The van der Waals surface area contributed by atoms with Crippen LogP contribution in [0.1, 0.15) is 24.8 Å². The first-order valence-electron chi connectivity index (χ1n) is 9.71. The van der Waals surface area contributed by atoms with E-state index in [9.17, 15) is 9.59 Å². The van der Waals surface area contributed by atoms with Crippen LogP contribution in [0, 0.1) is 0 Å². The Labute approximate surface area is 177 Å². The van der Waals surface area contributed by atoms with Crippen molar-refractivity contribution in [3.8, 4) is 5.75 Å². The third kappa shape index (κ3) is 3.59. The Morgan fingerprint density at radius 3 is 3.03 bits per heavy atom. The molecule has 2 N–H and O–H groups in total. The molecule has 1 saturated heterocycles. The Morgan fingerprint density at radius 1 is 1.30 bits per heavy atom. The molecular weight excluding hydrogens is 408 g/mol. The zero-order valence-electron chi connectivity index (χ0n) is 16.0. The van der Waals surface area contributed by atoms with Gasteiger partial charge in [0, 0.05) is 17.3 Å². The number of rotatable bonds is 4. The van der Waals surface area contributed by atoms with Gasteiger partial charge in [-0.15, -0.1) is 0 Å². The minimum absolute atomic E-state index is 0.00494. The van der Waals surface area contributed by atoms with Gasteiger partial charge in [0.2, 0.25) is 5.91 Å². The minimum atomic E-state index is -0.325. The fourth-order valence-electron chi connectivity index (χ4n) is 3.75. The highest BCUT2D eigenvalue weighted by atomic mass is 35.5. The second-order valence-corrected chi connectivity index (χ2v) is 7.72. The fraction of sp³-hybridized carbons (Fsp3) is 0.286. The molecule has 3 heterocycles. The Morgan fingerprint density at radius 2 is 2.20 bits per heavy atom. The number of nitrogens with zero attached hydrogens (tertiary/aromatic N) is 2. The smallest absolute Gasteiger partial charge is 0.265 e. The lowest BCUT2D eigenvalue weighted by Crippen LogP contribution is -2.43. The number of hydrogen-bond acceptors (Lipinski definition) is 5. The van der Waals surface area contributed by atoms with Crippen LogP contribution >= 0.6 is 11.6 Å². The number of H-pyrrole nitrogens is 1. The normalized spacial score (nSPS) is 18.4. The molecule has 9 heteroatoms. The molecule has 0 aliphatic carbocycles. The monoisotopic (exact) mass is 426 g/mol. The average Bonchev–Trinajstić information content (AvgIpc) is 3.39. The highest BCUT2D eigenvalue weighted by Crippen LogP contribution is 2.34. The SMILES string of the molecule is O=C(CN1C(=O)COc2ccc(Cl)cc21)Nc1ccc2nc([C@H]3CCCO3)[nH]c2c1. The van der Waals surface area contributed by atoms with Crippen molar-refractivity contribution >= 4 is 45.8 Å². The first-order chi connectivity index (χ1) is 14.6. The number of imidazole rings is 1. The van der Waals surface area contributed by atoms with Crippen LogP contribution in [0.15, 0.2) is 36.4 Å². The summed E-state index contributed by atoms with van der Waals surface area (Å²) >= 11 is 6.05. The van der Waals surface area contributed by atoms with E-state index in [2.05, 4.69) is 15.3 Å². The summed E-state index contributed by atoms with van der Waals surface area (Å²) in [6, 6.07) is 10.4. The number of fused-ring (bicyclic) bond motifs is 2. The number of nitrogens with one attached hydrogen (secondary N) is 2. The van der Waals surface area contributed by atoms with E-state index in [1.807, 2.05) is 12.1 Å². The summed E-state index contributed by atoms with van der Waals surface area (Å²) in [6.45, 7) is 0.489. The molecule has 2 aliphatic heterocycles. The highest BCUT2D eigenvalue weighted by Gasteiger charge is 2.28. The second kappa shape index (κ2) is 7.62. The molecule has 8 nitrogen and oxygen atoms in total. The number of carbonyl (C=O) groups excluding carboxylic acids is 2. The van der Waals surface area contributed by atoms with E-state index < -0.39 is 0 Å². The van der Waals surface area contributed by atoms with Crippen molar-refractivity contribution in [2.75, 3.05) is 30.0 Å². The van der Waals surface area contributed by atoms with Crippen molar-refractivity contribution in [3.63, 3.8) is 0 Å². The molecule has 30 heavy (non-hydrogen) atoms. The molecule has 2 aromatic carbocycles. The maximum atomic E-state index is 12.6. The van der Waals surface area contributed by atoms with Gasteiger partial charge in [0.05, 0.1) is 16.7 Å². The molecule has 2 aliphatic rings. The van der Waals surface area contributed by atoms with Crippen LogP contribution in [0.4, 0.5) is 11.4 Å². The van der Waals surface area contributed by atoms with E-state index in [-0.39, 0.29) is 31.1 Å². The summed E-state index contributed by atoms with van der Waals surface area (Å²) in [4.78, 5) is 34.2. The molecule has 1 fully saturated rings. The summed E-state index contributed by atoms with van der Waals surface area (Å²) < 4.78 is 11.1. The van der Waals surface area contributed by atoms with E-state index in [1.165, 1.54) is 4.90 Å². The van der Waals surface area contributed by atoms with Crippen LogP contribution in [-0.4, -0.2) is 41.5 Å². The zero-order valence-corrected chi connectivity index (χ0v) is 16.7. The molecule has 1 aromatic heterocycles. The van der Waals surface area contributed by atoms with Crippen molar-refractivity contribution in [3.05, 3.63) is 47.2 Å². The summed E-state index contributed by atoms with van der Waals surface area (Å²) in [6.07, 6.45) is 1.97. The first-order valence-corrected chi connectivity index (χ1v) is 10.1. The molecule has 0 radical (unpaired) electrons. The number of aromatic nitrogens is 2. The number of carbonyl (C=O) groups is 2. The van der Waals surface area contributed by atoms with Crippen molar-refractivity contribution in [2.45, 2.75) is 18.9 Å². The van der Waals surface area contributed by atoms with Gasteiger partial charge in [0.25, 0.3) is 5.91 Å². The Balaban J connectivity index is 1.32. The van der Waals surface area contributed by atoms with Gasteiger partial charge < -0.3 is 19.8 Å². The van der Waals surface area contributed by atoms with E-state index in [0.717, 1.165) is 36.3 Å². The van der Waals surface area contributed by atoms with Gasteiger partial charge in [-0.1, -0.05) is 11.6 Å². The molecule has 3 aromatic rings. The Bertz CT molecular complexity index is 1140. The van der Waals surface area contributed by atoms with Gasteiger partial charge in [0.1, 0.15) is 24.2 Å². The fourth-order valence-corrected chi connectivity index (χ4v) is 3.91. The van der Waals surface area contributed by atoms with E-state index in [4.69, 9.17) is 21.1 Å². The Kier molecular flexibility index (Phi) is 4.80. The van der Waals surface area contributed by atoms with Crippen LogP contribution in [-0.2, 0) is 14.3 Å². The predicted octanol–water partition coefficient (Wildman–Crippen LogP) is 3.43. The van der Waals surface area contributed by atoms with Crippen molar-refractivity contribution in [1.29, 1.82) is 0 Å². The summed E-state index contributed by atoms with van der Waals surface area (Å²) in [5.74, 6) is 0.699. The number of amides is 2. The van der Waals surface area contributed by atoms with Gasteiger partial charge in [-0.05, 0) is 49.2 Å². The van der Waals surface area contributed by atoms with Gasteiger partial charge >= 0.3 is 0 Å². The number of anilines is 2. The van der Waals surface area contributed by atoms with Gasteiger partial charge in [-0.2, -0.15) is 0 Å². The topological polar surface area (TPSA) is 96.6 Å². The quantitative estimate of drug-likeness (QED) is 0.666. The molecular formula is C21H19ClN4O4. The lowest BCUT2D eigenvalue weighted by Gasteiger charge is -2.29. The molecule has 2 amide bonds. The zero-order chi connectivity index (χ0) is 20.7. The lowest BCUT2D eigenvalue weighted by atomic mass is 10.2. The lowest BCUT2D eigenvalue weighted by molar-refractivity contribution is -0.123. The van der Waals surface area contributed by atoms with Crippen LogP contribution in [0.3, 0.4) is 0 Å². The second-order valence-electron chi connectivity index (χ2n) is 7.28. The summed E-state index contributed by atoms with van der Waals surface area (Å²) in [5.41, 5.74) is 2.73. The van der Waals surface area contributed by atoms with Crippen LogP contribution in [0.5, 0.6) is 5.75 Å². The van der Waals surface area contributed by atoms with Gasteiger partial charge in [-0.25, -0.2) is 4.98 Å². The standard InChI is InChI=1S/C21H19ClN4O4/c22-12-3-6-17-16(8-12)26(20(28)11-30-17)10-19(27)23-13-4-5-14-15(9-13)25-21(24-14)18-2-1-7-29-18/h3-6,8-9,18H,1-2,7,10-11H2,(H,23,27)(H,24,25)/t18-/m1/s1. The minimum Gasteiger partial charge on any atom is -0.482 e. The largest absolute Gasteiger partial charge is 0.482 e. The summed E-state index contributed by atoms with van der Waals surface area (Å²) in [5, 5.41) is 3.30. The van der Waals surface area contributed by atoms with Gasteiger partial charge in [-0.3, -0.25) is 14.5 Å². The van der Waals surface area contributed by atoms with Crippen molar-refractivity contribution in [1.82, 2.24) is 9.97 Å². The van der Waals surface area contributed by atoms with Crippen LogP contribution in [0.2, 0.25) is 5.02 Å². The predicted molar refractivity (Wildman–Crippen MR) is 112 cm³/mol. The maximum Gasteiger partial charge on any atom is 0.265 e. The molecule has 0 spiro atoms. The highest BCUT2D eigenvalue weighted by molar-refractivity contribution is 6.31. The molecule has 0 unspecified atom stereocenters. The number of halogens is 1. The third-order valence-electron chi connectivity index (χ3n) is 5.18. The Hall–Kier alpha value is -3.10. The number of aromatic amines is 1. The third-order valence-corrected chi connectivity index (χ3v) is 5.42. The maximum absolute atomic E-state index is 12.6. The number of benzene rings is 2. The van der Waals surface area contributed by atoms with E-state index in [1.54, 1.807) is 24.3 Å². The molecule has 1 atom stereocenters. The van der Waals surface area contributed by atoms with Crippen molar-refractivity contribution < 1.29 is 19.1 Å². The van der Waals surface area contributed by atoms with E-state index >= 15 is 0 Å².